The Hall–Kier alpha value is -0.810. The largest absolute Gasteiger partial charge is 0.465 e. The molecule has 0 aromatic rings. The standard InChI is InChI=1S/C7H11NO4/c9-6-5-3-12-2-4(5)1-8(6)7(10)11/h4-6,9H,1-3H2,(H,10,11). The average molecular weight is 173 g/mol. The highest BCUT2D eigenvalue weighted by atomic mass is 16.5. The molecular weight excluding hydrogens is 162 g/mol. The van der Waals surface area contributed by atoms with E-state index < -0.39 is 12.3 Å². The summed E-state index contributed by atoms with van der Waals surface area (Å²) in [5.74, 6) is 0.178. The fourth-order valence-corrected chi connectivity index (χ4v) is 1.92. The summed E-state index contributed by atoms with van der Waals surface area (Å²) in [5.41, 5.74) is 0. The fourth-order valence-electron chi connectivity index (χ4n) is 1.92. The van der Waals surface area contributed by atoms with Crippen LogP contribution in [-0.2, 0) is 4.74 Å². The maximum Gasteiger partial charge on any atom is 0.409 e. The molecule has 0 bridgehead atoms. The first-order chi connectivity index (χ1) is 5.70. The molecule has 0 aromatic carbocycles. The maximum atomic E-state index is 10.6. The lowest BCUT2D eigenvalue weighted by atomic mass is 10.00. The molecule has 0 aromatic heterocycles. The van der Waals surface area contributed by atoms with Crippen molar-refractivity contribution in [3.63, 3.8) is 0 Å². The topological polar surface area (TPSA) is 70.0 Å². The summed E-state index contributed by atoms with van der Waals surface area (Å²) in [6.45, 7) is 1.46. The number of amides is 1. The Balaban J connectivity index is 2.10. The second kappa shape index (κ2) is 2.60. The molecule has 5 nitrogen and oxygen atoms in total. The van der Waals surface area contributed by atoms with E-state index in [0.29, 0.717) is 19.8 Å². The van der Waals surface area contributed by atoms with Crippen molar-refractivity contribution >= 4 is 6.09 Å². The highest BCUT2D eigenvalue weighted by Crippen LogP contribution is 2.33. The molecule has 2 aliphatic rings. The Morgan fingerprint density at radius 1 is 1.50 bits per heavy atom. The molecular formula is C7H11NO4. The first-order valence-corrected chi connectivity index (χ1v) is 3.95. The van der Waals surface area contributed by atoms with E-state index in [1.54, 1.807) is 0 Å². The summed E-state index contributed by atoms with van der Waals surface area (Å²) < 4.78 is 5.13. The number of hydrogen-bond donors (Lipinski definition) is 2. The molecule has 2 saturated heterocycles. The van der Waals surface area contributed by atoms with Crippen molar-refractivity contribution in [2.75, 3.05) is 19.8 Å². The second-order valence-corrected chi connectivity index (χ2v) is 3.31. The Morgan fingerprint density at radius 3 is 2.83 bits per heavy atom. The van der Waals surface area contributed by atoms with Gasteiger partial charge in [0.1, 0.15) is 6.23 Å². The van der Waals surface area contributed by atoms with Crippen LogP contribution in [0, 0.1) is 11.8 Å². The van der Waals surface area contributed by atoms with Crippen molar-refractivity contribution in [2.24, 2.45) is 11.8 Å². The quantitative estimate of drug-likeness (QED) is 0.521. The number of carbonyl (C=O) groups is 1. The van der Waals surface area contributed by atoms with E-state index in [-0.39, 0.29) is 11.8 Å². The molecule has 2 fully saturated rings. The van der Waals surface area contributed by atoms with Crippen molar-refractivity contribution in [3.05, 3.63) is 0 Å². The summed E-state index contributed by atoms with van der Waals surface area (Å²) in [4.78, 5) is 11.6. The Bertz CT molecular complexity index is 208. The predicted molar refractivity (Wildman–Crippen MR) is 38.5 cm³/mol. The second-order valence-electron chi connectivity index (χ2n) is 3.31. The fraction of sp³-hybridized carbons (Fsp3) is 0.857. The van der Waals surface area contributed by atoms with E-state index in [0.717, 1.165) is 4.90 Å². The summed E-state index contributed by atoms with van der Waals surface area (Å²) in [6.07, 6.45) is -1.91. The third-order valence-corrected chi connectivity index (χ3v) is 2.63. The van der Waals surface area contributed by atoms with Crippen LogP contribution in [0.15, 0.2) is 0 Å². The van der Waals surface area contributed by atoms with Crippen molar-refractivity contribution in [1.29, 1.82) is 0 Å². The van der Waals surface area contributed by atoms with Gasteiger partial charge in [0.25, 0.3) is 0 Å². The highest BCUT2D eigenvalue weighted by Gasteiger charge is 2.46. The molecule has 2 aliphatic heterocycles. The molecule has 0 spiro atoms. The molecule has 3 unspecified atom stereocenters. The first kappa shape index (κ1) is 7.82. The van der Waals surface area contributed by atoms with Crippen LogP contribution in [0.2, 0.25) is 0 Å². The van der Waals surface area contributed by atoms with Gasteiger partial charge < -0.3 is 14.9 Å². The molecule has 1 amide bonds. The third kappa shape index (κ3) is 0.971. The molecule has 68 valence electrons. The Kier molecular flexibility index (Phi) is 1.69. The third-order valence-electron chi connectivity index (χ3n) is 2.63. The first-order valence-electron chi connectivity index (χ1n) is 3.95. The van der Waals surface area contributed by atoms with Crippen LogP contribution in [0.1, 0.15) is 0 Å². The number of carboxylic acid groups (broad SMARTS) is 1. The van der Waals surface area contributed by atoms with Gasteiger partial charge in [-0.25, -0.2) is 4.79 Å². The van der Waals surface area contributed by atoms with Crippen molar-refractivity contribution in [2.45, 2.75) is 6.23 Å². The van der Waals surface area contributed by atoms with Gasteiger partial charge in [-0.15, -0.1) is 0 Å². The zero-order valence-corrected chi connectivity index (χ0v) is 6.51. The van der Waals surface area contributed by atoms with Gasteiger partial charge in [-0.05, 0) is 0 Å². The predicted octanol–water partition coefficient (Wildman–Crippen LogP) is -0.439. The minimum absolute atomic E-state index is 0.0129. The van der Waals surface area contributed by atoms with E-state index in [1.807, 2.05) is 0 Å². The molecule has 2 N–H and O–H groups in total. The van der Waals surface area contributed by atoms with Gasteiger partial charge >= 0.3 is 6.09 Å². The summed E-state index contributed by atoms with van der Waals surface area (Å²) in [6, 6.07) is 0. The van der Waals surface area contributed by atoms with Crippen LogP contribution in [0.5, 0.6) is 0 Å². The smallest absolute Gasteiger partial charge is 0.409 e. The molecule has 3 atom stereocenters. The van der Waals surface area contributed by atoms with E-state index in [9.17, 15) is 9.90 Å². The van der Waals surface area contributed by atoms with Crippen LogP contribution in [0.25, 0.3) is 0 Å². The van der Waals surface area contributed by atoms with Gasteiger partial charge in [-0.3, -0.25) is 4.90 Å². The van der Waals surface area contributed by atoms with Crippen molar-refractivity contribution in [3.8, 4) is 0 Å². The van der Waals surface area contributed by atoms with E-state index in [1.165, 1.54) is 0 Å². The van der Waals surface area contributed by atoms with Crippen molar-refractivity contribution < 1.29 is 19.7 Å². The molecule has 5 heteroatoms. The van der Waals surface area contributed by atoms with E-state index in [4.69, 9.17) is 9.84 Å². The van der Waals surface area contributed by atoms with Crippen molar-refractivity contribution in [1.82, 2.24) is 4.90 Å². The number of ether oxygens (including phenoxy) is 1. The molecule has 12 heavy (non-hydrogen) atoms. The monoisotopic (exact) mass is 173 g/mol. The highest BCUT2D eigenvalue weighted by molar-refractivity contribution is 5.65. The maximum absolute atomic E-state index is 10.6. The van der Waals surface area contributed by atoms with Gasteiger partial charge in [0.05, 0.1) is 13.2 Å². The van der Waals surface area contributed by atoms with Crippen LogP contribution < -0.4 is 0 Å². The average Bonchev–Trinajstić information content (AvgIpc) is 2.53. The molecule has 2 heterocycles. The molecule has 0 saturated carbocycles. The number of fused-ring (bicyclic) bond motifs is 1. The summed E-state index contributed by atoms with van der Waals surface area (Å²) >= 11 is 0. The number of aliphatic hydroxyl groups is 1. The lowest BCUT2D eigenvalue weighted by molar-refractivity contribution is 0.00151. The van der Waals surface area contributed by atoms with Gasteiger partial charge in [0.2, 0.25) is 0 Å². The number of hydrogen-bond acceptors (Lipinski definition) is 3. The summed E-state index contributed by atoms with van der Waals surface area (Å²) in [5, 5.41) is 18.2. The number of rotatable bonds is 0. The van der Waals surface area contributed by atoms with Gasteiger partial charge in [-0.2, -0.15) is 0 Å². The SMILES string of the molecule is O=C(O)N1CC2COCC2C1O. The minimum atomic E-state index is -1.04. The lowest BCUT2D eigenvalue weighted by Gasteiger charge is -2.19. The van der Waals surface area contributed by atoms with E-state index >= 15 is 0 Å². The number of nitrogens with zero attached hydrogens (tertiary/aromatic N) is 1. The zero-order valence-electron chi connectivity index (χ0n) is 6.51. The Morgan fingerprint density at radius 2 is 2.25 bits per heavy atom. The molecule has 0 radical (unpaired) electrons. The summed E-state index contributed by atoms with van der Waals surface area (Å²) in [7, 11) is 0. The van der Waals surface area contributed by atoms with Gasteiger partial charge in [0.15, 0.2) is 0 Å². The number of likely N-dealkylation sites (tertiary alicyclic amines) is 1. The Labute approximate surface area is 69.5 Å². The van der Waals surface area contributed by atoms with Gasteiger partial charge in [0, 0.05) is 18.4 Å². The normalized spacial score (nSPS) is 40.1. The number of aliphatic hydroxyl groups excluding tert-OH is 1. The van der Waals surface area contributed by atoms with Crippen LogP contribution >= 0.6 is 0 Å². The van der Waals surface area contributed by atoms with Crippen LogP contribution in [0.3, 0.4) is 0 Å². The lowest BCUT2D eigenvalue weighted by Crippen LogP contribution is -2.37. The van der Waals surface area contributed by atoms with E-state index in [2.05, 4.69) is 0 Å². The zero-order chi connectivity index (χ0) is 8.72. The molecule has 0 aliphatic carbocycles. The van der Waals surface area contributed by atoms with Crippen LogP contribution in [-0.4, -0.2) is 47.2 Å². The van der Waals surface area contributed by atoms with Gasteiger partial charge in [-0.1, -0.05) is 0 Å². The minimum Gasteiger partial charge on any atom is -0.465 e. The molecule has 2 rings (SSSR count). The van der Waals surface area contributed by atoms with Crippen LogP contribution in [0.4, 0.5) is 4.79 Å².